The second-order valence-corrected chi connectivity index (χ2v) is 6.20. The van der Waals surface area contributed by atoms with Crippen molar-refractivity contribution in [1.29, 1.82) is 0 Å². The van der Waals surface area contributed by atoms with E-state index in [0.29, 0.717) is 11.5 Å². The van der Waals surface area contributed by atoms with Gasteiger partial charge in [-0.05, 0) is 43.4 Å². The first-order chi connectivity index (χ1) is 12.6. The molecular formula is C19H21NO6. The average molecular weight is 359 g/mol. The van der Waals surface area contributed by atoms with Gasteiger partial charge in [-0.25, -0.2) is 4.79 Å². The third-order valence-corrected chi connectivity index (χ3v) is 4.35. The second-order valence-electron chi connectivity index (χ2n) is 6.20. The molecule has 1 aromatic heterocycles. The van der Waals surface area contributed by atoms with Crippen LogP contribution >= 0.6 is 0 Å². The van der Waals surface area contributed by atoms with E-state index < -0.39 is 11.9 Å². The van der Waals surface area contributed by atoms with Crippen LogP contribution in [0.4, 0.5) is 0 Å². The van der Waals surface area contributed by atoms with Crippen LogP contribution in [0.3, 0.4) is 0 Å². The Morgan fingerprint density at radius 1 is 1.23 bits per heavy atom. The number of amides is 1. The van der Waals surface area contributed by atoms with Crippen molar-refractivity contribution in [2.24, 2.45) is 0 Å². The van der Waals surface area contributed by atoms with Gasteiger partial charge in [0.05, 0.1) is 18.8 Å². The number of furan rings is 1. The van der Waals surface area contributed by atoms with Crippen molar-refractivity contribution in [3.63, 3.8) is 0 Å². The highest BCUT2D eigenvalue weighted by atomic mass is 16.5. The Labute approximate surface area is 150 Å². The van der Waals surface area contributed by atoms with E-state index in [2.05, 4.69) is 5.32 Å². The summed E-state index contributed by atoms with van der Waals surface area (Å²) in [4.78, 5) is 22.9. The molecule has 7 heteroatoms. The number of carbonyl (C=O) groups excluding carboxylic acids is 1. The molecule has 0 atom stereocenters. The molecule has 0 saturated heterocycles. The zero-order valence-electron chi connectivity index (χ0n) is 14.5. The number of nitrogens with one attached hydrogen (secondary N) is 1. The van der Waals surface area contributed by atoms with E-state index in [9.17, 15) is 9.59 Å². The summed E-state index contributed by atoms with van der Waals surface area (Å²) >= 11 is 0. The van der Waals surface area contributed by atoms with E-state index in [0.717, 1.165) is 24.7 Å². The molecule has 1 fully saturated rings. The number of hydrogen-bond donors (Lipinski definition) is 2. The van der Waals surface area contributed by atoms with Gasteiger partial charge < -0.3 is 24.3 Å². The molecular weight excluding hydrogens is 338 g/mol. The van der Waals surface area contributed by atoms with Gasteiger partial charge in [0, 0.05) is 12.6 Å². The molecule has 1 amide bonds. The number of hydrogen-bond acceptors (Lipinski definition) is 5. The second kappa shape index (κ2) is 7.95. The van der Waals surface area contributed by atoms with Gasteiger partial charge >= 0.3 is 5.97 Å². The summed E-state index contributed by atoms with van der Waals surface area (Å²) in [6, 6.07) is 6.69. The van der Waals surface area contributed by atoms with Crippen LogP contribution in [0.2, 0.25) is 0 Å². The molecule has 0 spiro atoms. The largest absolute Gasteiger partial charge is 0.493 e. The minimum absolute atomic E-state index is 0.0432. The summed E-state index contributed by atoms with van der Waals surface area (Å²) in [5.74, 6) is -0.344. The van der Waals surface area contributed by atoms with Gasteiger partial charge in [0.2, 0.25) is 0 Å². The van der Waals surface area contributed by atoms with E-state index in [4.69, 9.17) is 19.0 Å². The number of carbonyl (C=O) groups is 2. The summed E-state index contributed by atoms with van der Waals surface area (Å²) in [6.45, 7) is 0.257. The fraction of sp³-hybridized carbons (Fsp3) is 0.368. The van der Waals surface area contributed by atoms with Crippen molar-refractivity contribution in [3.05, 3.63) is 47.4 Å². The number of methoxy groups -OCH3 is 1. The third-order valence-electron chi connectivity index (χ3n) is 4.35. The number of benzene rings is 1. The number of ether oxygens (including phenoxy) is 2. The molecule has 26 heavy (non-hydrogen) atoms. The van der Waals surface area contributed by atoms with Crippen molar-refractivity contribution in [3.8, 4) is 11.5 Å². The van der Waals surface area contributed by atoms with Crippen LogP contribution in [0, 0.1) is 0 Å². The number of carboxylic acid groups (broad SMARTS) is 1. The van der Waals surface area contributed by atoms with Crippen LogP contribution in [0.25, 0.3) is 0 Å². The SMILES string of the molecule is COc1ccc(CNC(=O)c2cc(C(=O)O)co2)cc1OC1CCCC1. The number of carboxylic acids is 1. The predicted octanol–water partition coefficient (Wildman–Crippen LogP) is 3.24. The van der Waals surface area contributed by atoms with E-state index in [1.54, 1.807) is 13.2 Å². The molecule has 1 aliphatic carbocycles. The molecule has 0 bridgehead atoms. The van der Waals surface area contributed by atoms with E-state index >= 15 is 0 Å². The Hall–Kier alpha value is -2.96. The van der Waals surface area contributed by atoms with Gasteiger partial charge in [0.15, 0.2) is 17.3 Å². The lowest BCUT2D eigenvalue weighted by atomic mass is 10.2. The molecule has 0 radical (unpaired) electrons. The zero-order chi connectivity index (χ0) is 18.5. The molecule has 2 N–H and O–H groups in total. The van der Waals surface area contributed by atoms with Gasteiger partial charge in [-0.3, -0.25) is 4.79 Å². The molecule has 1 heterocycles. The summed E-state index contributed by atoms with van der Waals surface area (Å²) in [5.41, 5.74) is 0.781. The number of rotatable bonds is 7. The van der Waals surface area contributed by atoms with Gasteiger partial charge in [-0.2, -0.15) is 0 Å². The van der Waals surface area contributed by atoms with Crippen molar-refractivity contribution in [2.45, 2.75) is 38.3 Å². The highest BCUT2D eigenvalue weighted by Crippen LogP contribution is 2.32. The minimum atomic E-state index is -1.14. The van der Waals surface area contributed by atoms with Crippen molar-refractivity contribution < 1.29 is 28.6 Å². The van der Waals surface area contributed by atoms with Gasteiger partial charge in [0.1, 0.15) is 6.26 Å². The first-order valence-corrected chi connectivity index (χ1v) is 8.50. The van der Waals surface area contributed by atoms with Crippen LogP contribution in [0.5, 0.6) is 11.5 Å². The lowest BCUT2D eigenvalue weighted by Gasteiger charge is -2.17. The summed E-state index contributed by atoms with van der Waals surface area (Å²) in [6.07, 6.45) is 5.65. The maximum Gasteiger partial charge on any atom is 0.338 e. The van der Waals surface area contributed by atoms with Gasteiger partial charge in [0.25, 0.3) is 5.91 Å². The molecule has 138 valence electrons. The first kappa shape index (κ1) is 17.8. The third kappa shape index (κ3) is 4.17. The normalized spacial score (nSPS) is 14.2. The van der Waals surface area contributed by atoms with Crippen molar-refractivity contribution in [1.82, 2.24) is 5.32 Å². The lowest BCUT2D eigenvalue weighted by Crippen LogP contribution is -2.22. The molecule has 1 aromatic carbocycles. The maximum absolute atomic E-state index is 12.1. The standard InChI is InChI=1S/C19H21NO6/c1-24-15-7-6-12(8-16(15)26-14-4-2-3-5-14)10-20-18(21)17-9-13(11-25-17)19(22)23/h6-9,11,14H,2-5,10H2,1H3,(H,20,21)(H,22,23). The van der Waals surface area contributed by atoms with E-state index in [-0.39, 0.29) is 24.0 Å². The highest BCUT2D eigenvalue weighted by Gasteiger charge is 2.19. The highest BCUT2D eigenvalue weighted by molar-refractivity contribution is 5.95. The first-order valence-electron chi connectivity index (χ1n) is 8.50. The fourth-order valence-corrected chi connectivity index (χ4v) is 2.95. The average Bonchev–Trinajstić information content (AvgIpc) is 3.31. The zero-order valence-corrected chi connectivity index (χ0v) is 14.5. The van der Waals surface area contributed by atoms with E-state index in [1.165, 1.54) is 18.9 Å². The van der Waals surface area contributed by atoms with E-state index in [1.807, 2.05) is 12.1 Å². The Morgan fingerprint density at radius 2 is 2.00 bits per heavy atom. The Bertz CT molecular complexity index is 791. The Morgan fingerprint density at radius 3 is 2.65 bits per heavy atom. The molecule has 3 rings (SSSR count). The fourth-order valence-electron chi connectivity index (χ4n) is 2.95. The summed E-state index contributed by atoms with van der Waals surface area (Å²) < 4.78 is 16.4. The van der Waals surface area contributed by atoms with Gasteiger partial charge in [-0.1, -0.05) is 6.07 Å². The smallest absolute Gasteiger partial charge is 0.338 e. The van der Waals surface area contributed by atoms with Crippen LogP contribution in [0.15, 0.2) is 34.9 Å². The van der Waals surface area contributed by atoms with Crippen LogP contribution in [-0.2, 0) is 6.54 Å². The Kier molecular flexibility index (Phi) is 5.46. The molecule has 1 saturated carbocycles. The molecule has 2 aromatic rings. The molecule has 0 unspecified atom stereocenters. The predicted molar refractivity (Wildman–Crippen MR) is 92.7 cm³/mol. The molecule has 0 aliphatic heterocycles. The van der Waals surface area contributed by atoms with Crippen molar-refractivity contribution >= 4 is 11.9 Å². The summed E-state index contributed by atoms with van der Waals surface area (Å²) in [5, 5.41) is 11.6. The molecule has 1 aliphatic rings. The molecule has 7 nitrogen and oxygen atoms in total. The lowest BCUT2D eigenvalue weighted by molar-refractivity contribution is 0.0695. The topological polar surface area (TPSA) is 98.0 Å². The van der Waals surface area contributed by atoms with Crippen molar-refractivity contribution in [2.75, 3.05) is 7.11 Å². The monoisotopic (exact) mass is 359 g/mol. The van der Waals surface area contributed by atoms with Crippen LogP contribution in [0.1, 0.15) is 52.2 Å². The van der Waals surface area contributed by atoms with Gasteiger partial charge in [-0.15, -0.1) is 0 Å². The quantitative estimate of drug-likeness (QED) is 0.787. The number of aromatic carboxylic acids is 1. The van der Waals surface area contributed by atoms with Crippen LogP contribution < -0.4 is 14.8 Å². The Balaban J connectivity index is 1.64. The summed E-state index contributed by atoms with van der Waals surface area (Å²) in [7, 11) is 1.59. The maximum atomic E-state index is 12.1. The minimum Gasteiger partial charge on any atom is -0.493 e. The van der Waals surface area contributed by atoms with Crippen LogP contribution in [-0.4, -0.2) is 30.2 Å².